The number of nitrogens with zero attached hydrogens (tertiary/aromatic N) is 2. The van der Waals surface area contributed by atoms with Crippen molar-refractivity contribution in [2.45, 2.75) is 13.1 Å². The van der Waals surface area contributed by atoms with Gasteiger partial charge >= 0.3 is 11.9 Å². The van der Waals surface area contributed by atoms with E-state index in [9.17, 15) is 9.59 Å². The van der Waals surface area contributed by atoms with Crippen LogP contribution in [0, 0.1) is 0 Å². The lowest BCUT2D eigenvalue weighted by molar-refractivity contribution is -0.687. The van der Waals surface area contributed by atoms with Gasteiger partial charge in [-0.25, -0.2) is 18.7 Å². The molecular weight excluding hydrogens is 424 g/mol. The van der Waals surface area contributed by atoms with Crippen molar-refractivity contribution < 1.29 is 40.6 Å². The average molecular weight is 445 g/mol. The van der Waals surface area contributed by atoms with Crippen LogP contribution in [0.4, 0.5) is 0 Å². The van der Waals surface area contributed by atoms with Crippen LogP contribution >= 0.6 is 0 Å². The lowest BCUT2D eigenvalue weighted by atomic mass is 10.1. The largest absolute Gasteiger partial charge is 1.00 e. The van der Waals surface area contributed by atoms with E-state index in [2.05, 4.69) is 9.13 Å². The van der Waals surface area contributed by atoms with Crippen molar-refractivity contribution in [3.63, 3.8) is 0 Å². The molecule has 0 saturated carbocycles. The summed E-state index contributed by atoms with van der Waals surface area (Å²) in [4.78, 5) is 23.0. The minimum atomic E-state index is -0.335. The van der Waals surface area contributed by atoms with Gasteiger partial charge in [-0.3, -0.25) is 0 Å². The van der Waals surface area contributed by atoms with Gasteiger partial charge in [-0.15, -0.1) is 0 Å². The fourth-order valence-electron chi connectivity index (χ4n) is 2.78. The maximum Gasteiger partial charge on any atom is 0.337 e. The molecule has 0 bridgehead atoms. The van der Waals surface area contributed by atoms with Crippen LogP contribution in [-0.4, -0.2) is 30.7 Å². The fraction of sp³-hybridized carbons (Fsp3) is 0.190. The Hall–Kier alpha value is -2.93. The number of halogens is 1. The van der Waals surface area contributed by atoms with Crippen LogP contribution in [0.25, 0.3) is 0 Å². The molecule has 1 heterocycles. The van der Waals surface area contributed by atoms with Gasteiger partial charge in [-0.05, 0) is 35.4 Å². The normalized spacial score (nSPS) is 10.1. The average Bonchev–Trinajstić information content (AvgIpc) is 3.14. The predicted octanol–water partition coefficient (Wildman–Crippen LogP) is -0.551. The van der Waals surface area contributed by atoms with Gasteiger partial charge in [-0.2, -0.15) is 0 Å². The zero-order valence-corrected chi connectivity index (χ0v) is 17.3. The molecule has 0 aliphatic rings. The van der Waals surface area contributed by atoms with Crippen molar-refractivity contribution in [3.05, 3.63) is 89.5 Å². The Bertz CT molecular complexity index is 858. The van der Waals surface area contributed by atoms with Crippen LogP contribution in [0.5, 0.6) is 0 Å². The number of hydrogen-bond acceptors (Lipinski definition) is 4. The van der Waals surface area contributed by atoms with E-state index in [4.69, 9.17) is 9.47 Å². The lowest BCUT2D eigenvalue weighted by Gasteiger charge is -2.02. The van der Waals surface area contributed by atoms with Gasteiger partial charge in [0, 0.05) is 0 Å². The Morgan fingerprint density at radius 3 is 1.86 bits per heavy atom. The summed E-state index contributed by atoms with van der Waals surface area (Å²) < 4.78 is 13.5. The maximum atomic E-state index is 11.5. The van der Waals surface area contributed by atoms with Gasteiger partial charge in [0.1, 0.15) is 25.5 Å². The van der Waals surface area contributed by atoms with Crippen molar-refractivity contribution in [2.24, 2.45) is 0 Å². The van der Waals surface area contributed by atoms with E-state index in [0.29, 0.717) is 24.2 Å². The highest BCUT2D eigenvalue weighted by Crippen LogP contribution is 2.08. The topological polar surface area (TPSA) is 61.4 Å². The highest BCUT2D eigenvalue weighted by Gasteiger charge is 2.09. The summed E-state index contributed by atoms with van der Waals surface area (Å²) in [6, 6.07) is 14.7. The van der Waals surface area contributed by atoms with Crippen molar-refractivity contribution in [2.75, 3.05) is 14.2 Å². The first-order valence-corrected chi connectivity index (χ1v) is 8.48. The van der Waals surface area contributed by atoms with Gasteiger partial charge in [0.2, 0.25) is 6.33 Å². The van der Waals surface area contributed by atoms with Gasteiger partial charge in [0.05, 0.1) is 25.3 Å². The molecule has 28 heavy (non-hydrogen) atoms. The summed E-state index contributed by atoms with van der Waals surface area (Å²) in [7, 11) is 2.75. The van der Waals surface area contributed by atoms with E-state index < -0.39 is 0 Å². The summed E-state index contributed by atoms with van der Waals surface area (Å²) in [6.45, 7) is 1.41. The second-order valence-corrected chi connectivity index (χ2v) is 6.14. The molecule has 0 amide bonds. The van der Waals surface area contributed by atoms with Gasteiger partial charge in [-0.1, -0.05) is 24.3 Å². The Labute approximate surface area is 174 Å². The van der Waals surface area contributed by atoms with Crippen LogP contribution in [0.3, 0.4) is 0 Å². The third-order valence-electron chi connectivity index (χ3n) is 4.23. The molecule has 0 radical (unpaired) electrons. The molecular formula is C21H21BrN2O4. The van der Waals surface area contributed by atoms with E-state index in [-0.39, 0.29) is 28.9 Å². The second-order valence-electron chi connectivity index (χ2n) is 6.14. The zero-order valence-electron chi connectivity index (χ0n) is 15.7. The van der Waals surface area contributed by atoms with E-state index in [1.807, 2.05) is 43.0 Å². The SMILES string of the molecule is COC(=O)c1ccc(Cn2cc[n+](Cc3ccc(C(=O)OC)cc3)c2)cc1.[Br-]. The van der Waals surface area contributed by atoms with Crippen LogP contribution in [0.2, 0.25) is 0 Å². The Balaban J connectivity index is 0.00000280. The molecule has 3 aromatic rings. The number of benzene rings is 2. The minimum Gasteiger partial charge on any atom is -1.00 e. The molecule has 3 rings (SSSR count). The number of carbonyl (C=O) groups is 2. The quantitative estimate of drug-likeness (QED) is 0.378. The number of methoxy groups -OCH3 is 2. The first kappa shape index (κ1) is 21.4. The van der Waals surface area contributed by atoms with Crippen LogP contribution in [0.1, 0.15) is 31.8 Å². The number of carbonyl (C=O) groups excluding carboxylic acids is 2. The number of aromatic nitrogens is 2. The van der Waals surface area contributed by atoms with E-state index in [1.54, 1.807) is 24.3 Å². The van der Waals surface area contributed by atoms with Crippen molar-refractivity contribution in [3.8, 4) is 0 Å². The molecule has 7 heteroatoms. The third kappa shape index (κ3) is 5.29. The number of rotatable bonds is 6. The molecule has 0 aliphatic heterocycles. The predicted molar refractivity (Wildman–Crippen MR) is 98.4 cm³/mol. The van der Waals surface area contributed by atoms with E-state index in [1.165, 1.54) is 14.2 Å². The molecule has 0 unspecified atom stereocenters. The second kappa shape index (κ2) is 9.85. The zero-order chi connectivity index (χ0) is 19.2. The molecule has 146 valence electrons. The molecule has 0 N–H and O–H groups in total. The van der Waals surface area contributed by atoms with Crippen LogP contribution < -0.4 is 21.5 Å². The monoisotopic (exact) mass is 444 g/mol. The number of ether oxygens (including phenoxy) is 2. The first-order chi connectivity index (χ1) is 13.1. The summed E-state index contributed by atoms with van der Waals surface area (Å²) in [5.74, 6) is -0.669. The third-order valence-corrected chi connectivity index (χ3v) is 4.23. The Morgan fingerprint density at radius 2 is 1.36 bits per heavy atom. The van der Waals surface area contributed by atoms with Gasteiger partial charge in [0.15, 0.2) is 0 Å². The molecule has 0 atom stereocenters. The molecule has 0 aliphatic carbocycles. The fourth-order valence-corrected chi connectivity index (χ4v) is 2.78. The highest BCUT2D eigenvalue weighted by atomic mass is 79.9. The van der Waals surface area contributed by atoms with Crippen molar-refractivity contribution >= 4 is 11.9 Å². The molecule has 6 nitrogen and oxygen atoms in total. The minimum absolute atomic E-state index is 0. The van der Waals surface area contributed by atoms with E-state index >= 15 is 0 Å². The van der Waals surface area contributed by atoms with Crippen LogP contribution in [-0.2, 0) is 22.6 Å². The summed E-state index contributed by atoms with van der Waals surface area (Å²) in [5.41, 5.74) is 3.26. The van der Waals surface area contributed by atoms with Crippen LogP contribution in [0.15, 0.2) is 67.3 Å². The number of hydrogen-bond donors (Lipinski definition) is 0. The standard InChI is InChI=1S/C21H21N2O4.BrH/c1-26-20(24)18-7-3-16(4-8-18)13-22-11-12-23(15-22)14-17-5-9-19(10-6-17)21(25)27-2;/h3-12,15H,13-14H2,1-2H3;1H/q+1;/p-1. The molecule has 0 fully saturated rings. The Morgan fingerprint density at radius 1 is 0.857 bits per heavy atom. The smallest absolute Gasteiger partial charge is 0.337 e. The maximum absolute atomic E-state index is 11.5. The Kier molecular flexibility index (Phi) is 7.52. The van der Waals surface area contributed by atoms with Crippen molar-refractivity contribution in [1.82, 2.24) is 4.57 Å². The summed E-state index contributed by atoms with van der Waals surface area (Å²) in [5, 5.41) is 0. The molecule has 1 aromatic heterocycles. The van der Waals surface area contributed by atoms with E-state index in [0.717, 1.165) is 11.1 Å². The summed E-state index contributed by atoms with van der Waals surface area (Å²) >= 11 is 0. The number of esters is 2. The number of imidazole rings is 1. The van der Waals surface area contributed by atoms with Gasteiger partial charge < -0.3 is 26.5 Å². The summed E-state index contributed by atoms with van der Waals surface area (Å²) in [6.07, 6.45) is 6.01. The first-order valence-electron chi connectivity index (χ1n) is 8.48. The lowest BCUT2D eigenvalue weighted by Crippen LogP contribution is -3.00. The molecule has 0 spiro atoms. The van der Waals surface area contributed by atoms with Gasteiger partial charge in [0.25, 0.3) is 0 Å². The highest BCUT2D eigenvalue weighted by molar-refractivity contribution is 5.89. The van der Waals surface area contributed by atoms with Crippen molar-refractivity contribution in [1.29, 1.82) is 0 Å². The molecule has 2 aromatic carbocycles. The molecule has 0 saturated heterocycles.